The number of morpholine rings is 1. The summed E-state index contributed by atoms with van der Waals surface area (Å²) in [7, 11) is 0. The van der Waals surface area contributed by atoms with Crippen LogP contribution in [0.15, 0.2) is 60.9 Å². The van der Waals surface area contributed by atoms with Gasteiger partial charge in [-0.15, -0.1) is 0 Å². The summed E-state index contributed by atoms with van der Waals surface area (Å²) < 4.78 is 5.92. The molecule has 3 aromatic rings. The summed E-state index contributed by atoms with van der Waals surface area (Å²) in [6, 6.07) is 16.2. The molecule has 0 saturated carbocycles. The highest BCUT2D eigenvalue weighted by atomic mass is 16.5. The van der Waals surface area contributed by atoms with Crippen molar-refractivity contribution in [3.63, 3.8) is 0 Å². The average molecular weight is 431 g/mol. The van der Waals surface area contributed by atoms with Crippen LogP contribution in [0, 0.1) is 13.8 Å². The van der Waals surface area contributed by atoms with Crippen LogP contribution in [0.1, 0.15) is 27.3 Å². The quantitative estimate of drug-likeness (QED) is 0.671. The summed E-state index contributed by atoms with van der Waals surface area (Å²) in [5, 5.41) is 0. The fourth-order valence-electron chi connectivity index (χ4n) is 3.90. The molecule has 1 aliphatic rings. The van der Waals surface area contributed by atoms with Gasteiger partial charge in [-0.1, -0.05) is 54.1 Å². The van der Waals surface area contributed by atoms with E-state index in [2.05, 4.69) is 34.2 Å². The minimum Gasteiger partial charge on any atom is -0.367 e. The van der Waals surface area contributed by atoms with Crippen molar-refractivity contribution in [3.8, 4) is 11.1 Å². The van der Waals surface area contributed by atoms with Gasteiger partial charge in [0.25, 0.3) is 11.8 Å². The monoisotopic (exact) mass is 430 g/mol. The Morgan fingerprint density at radius 1 is 1.06 bits per heavy atom. The lowest BCUT2D eigenvalue weighted by atomic mass is 9.90. The van der Waals surface area contributed by atoms with Gasteiger partial charge in [0.1, 0.15) is 5.69 Å². The summed E-state index contributed by atoms with van der Waals surface area (Å²) in [5.41, 5.74) is 9.69. The number of hydrogen-bond acceptors (Lipinski definition) is 5. The van der Waals surface area contributed by atoms with E-state index in [1.807, 2.05) is 31.2 Å². The summed E-state index contributed by atoms with van der Waals surface area (Å²) in [6.45, 7) is 4.48. The molecule has 1 unspecified atom stereocenters. The average Bonchev–Trinajstić information content (AvgIpc) is 2.80. The van der Waals surface area contributed by atoms with Crippen LogP contribution in [0.5, 0.6) is 0 Å². The minimum absolute atomic E-state index is 0.0610. The summed E-state index contributed by atoms with van der Waals surface area (Å²) >= 11 is 0. The number of nitrogens with zero attached hydrogens (tertiary/aromatic N) is 3. The molecule has 1 atom stereocenters. The van der Waals surface area contributed by atoms with Crippen molar-refractivity contribution in [3.05, 3.63) is 83.4 Å². The number of carbonyl (C=O) groups excluding carboxylic acids is 2. The number of ether oxygens (including phenoxy) is 1. The third kappa shape index (κ3) is 4.53. The van der Waals surface area contributed by atoms with Gasteiger partial charge in [0.2, 0.25) is 0 Å². The molecular weight excluding hydrogens is 404 g/mol. The maximum atomic E-state index is 13.0. The standard InChI is InChI=1S/C25H26N4O3/c1-17-6-8-20(9-7-17)21-5-3-4-19(12-21)13-25(24(26)31)16-29(10-11-32-25)23(30)22-15-27-18(2)14-28-22/h3-9,12,14-15H,10-11,13,16H2,1-2H3,(H2,26,31). The van der Waals surface area contributed by atoms with Crippen molar-refractivity contribution in [2.75, 3.05) is 19.7 Å². The number of rotatable bonds is 5. The van der Waals surface area contributed by atoms with E-state index in [4.69, 9.17) is 10.5 Å². The van der Waals surface area contributed by atoms with Crippen molar-refractivity contribution >= 4 is 11.8 Å². The molecule has 7 heteroatoms. The molecule has 1 fully saturated rings. The van der Waals surface area contributed by atoms with E-state index in [0.717, 1.165) is 22.4 Å². The molecule has 2 heterocycles. The lowest BCUT2D eigenvalue weighted by Gasteiger charge is -2.40. The van der Waals surface area contributed by atoms with Gasteiger partial charge in [0, 0.05) is 19.2 Å². The molecule has 1 aromatic heterocycles. The lowest BCUT2D eigenvalue weighted by Crippen LogP contribution is -2.61. The predicted octanol–water partition coefficient (Wildman–Crippen LogP) is 2.70. The zero-order valence-corrected chi connectivity index (χ0v) is 18.2. The molecule has 2 aromatic carbocycles. The normalized spacial score (nSPS) is 18.4. The van der Waals surface area contributed by atoms with Crippen LogP contribution in [0.25, 0.3) is 11.1 Å². The lowest BCUT2D eigenvalue weighted by molar-refractivity contribution is -0.153. The second kappa shape index (κ2) is 8.88. The molecule has 164 valence electrons. The molecule has 2 amide bonds. The van der Waals surface area contributed by atoms with Crippen molar-refractivity contribution in [2.45, 2.75) is 25.9 Å². The number of amides is 2. The van der Waals surface area contributed by atoms with Crippen molar-refractivity contribution in [1.82, 2.24) is 14.9 Å². The maximum absolute atomic E-state index is 13.0. The first-order chi connectivity index (χ1) is 15.4. The first kappa shape index (κ1) is 21.6. The first-order valence-electron chi connectivity index (χ1n) is 10.5. The fourth-order valence-corrected chi connectivity index (χ4v) is 3.90. The van der Waals surface area contributed by atoms with Crippen LogP contribution in [0.3, 0.4) is 0 Å². The molecule has 7 nitrogen and oxygen atoms in total. The highest BCUT2D eigenvalue weighted by Gasteiger charge is 2.44. The van der Waals surface area contributed by atoms with E-state index < -0.39 is 11.5 Å². The Kier molecular flexibility index (Phi) is 6.01. The number of nitrogens with two attached hydrogens (primary N) is 1. The molecule has 32 heavy (non-hydrogen) atoms. The Morgan fingerprint density at radius 2 is 1.84 bits per heavy atom. The SMILES string of the molecule is Cc1ccc(-c2cccc(CC3(C(N)=O)CN(C(=O)c4cnc(C)cn4)CCO3)c2)cc1. The zero-order chi connectivity index (χ0) is 22.7. The van der Waals surface area contributed by atoms with Crippen LogP contribution < -0.4 is 5.73 Å². The van der Waals surface area contributed by atoms with Gasteiger partial charge < -0.3 is 15.4 Å². The molecule has 4 rings (SSSR count). The molecule has 0 spiro atoms. The second-order valence-electron chi connectivity index (χ2n) is 8.22. The Bertz CT molecular complexity index is 1130. The summed E-state index contributed by atoms with van der Waals surface area (Å²) in [4.78, 5) is 35.4. The summed E-state index contributed by atoms with van der Waals surface area (Å²) in [6.07, 6.45) is 3.26. The van der Waals surface area contributed by atoms with Gasteiger partial charge in [0.05, 0.1) is 25.0 Å². The Labute approximate surface area is 187 Å². The molecule has 0 radical (unpaired) electrons. The highest BCUT2D eigenvalue weighted by Crippen LogP contribution is 2.27. The summed E-state index contributed by atoms with van der Waals surface area (Å²) in [5.74, 6) is -0.884. The predicted molar refractivity (Wildman–Crippen MR) is 121 cm³/mol. The molecule has 0 aliphatic carbocycles. The fraction of sp³-hybridized carbons (Fsp3) is 0.280. The van der Waals surface area contributed by atoms with E-state index in [-0.39, 0.29) is 31.2 Å². The Balaban J connectivity index is 1.58. The first-order valence-corrected chi connectivity index (χ1v) is 10.5. The van der Waals surface area contributed by atoms with Gasteiger partial charge in [0.15, 0.2) is 5.60 Å². The van der Waals surface area contributed by atoms with E-state index in [1.165, 1.54) is 11.8 Å². The smallest absolute Gasteiger partial charge is 0.274 e. The molecule has 1 saturated heterocycles. The maximum Gasteiger partial charge on any atom is 0.274 e. The third-order valence-corrected chi connectivity index (χ3v) is 5.72. The van der Waals surface area contributed by atoms with Crippen molar-refractivity contribution in [2.24, 2.45) is 5.73 Å². The van der Waals surface area contributed by atoms with Crippen LogP contribution in [0.4, 0.5) is 0 Å². The van der Waals surface area contributed by atoms with Gasteiger partial charge >= 0.3 is 0 Å². The number of hydrogen-bond donors (Lipinski definition) is 1. The van der Waals surface area contributed by atoms with Crippen molar-refractivity contribution < 1.29 is 14.3 Å². The topological polar surface area (TPSA) is 98.4 Å². The van der Waals surface area contributed by atoms with Gasteiger partial charge in [-0.05, 0) is 30.5 Å². The Morgan fingerprint density at radius 3 is 2.53 bits per heavy atom. The molecular formula is C25H26N4O3. The number of benzene rings is 2. The second-order valence-corrected chi connectivity index (χ2v) is 8.22. The largest absolute Gasteiger partial charge is 0.367 e. The van der Waals surface area contributed by atoms with E-state index in [0.29, 0.717) is 6.54 Å². The zero-order valence-electron chi connectivity index (χ0n) is 18.2. The van der Waals surface area contributed by atoms with E-state index in [1.54, 1.807) is 18.0 Å². The van der Waals surface area contributed by atoms with Crippen LogP contribution in [0.2, 0.25) is 0 Å². The van der Waals surface area contributed by atoms with Gasteiger partial charge in [-0.3, -0.25) is 14.6 Å². The number of primary amides is 1. The van der Waals surface area contributed by atoms with E-state index >= 15 is 0 Å². The van der Waals surface area contributed by atoms with Crippen molar-refractivity contribution in [1.29, 1.82) is 0 Å². The number of aromatic nitrogens is 2. The Hall–Kier alpha value is -3.58. The van der Waals surface area contributed by atoms with Gasteiger partial charge in [-0.25, -0.2) is 4.98 Å². The molecule has 1 aliphatic heterocycles. The van der Waals surface area contributed by atoms with Crippen LogP contribution in [-0.2, 0) is 16.0 Å². The van der Waals surface area contributed by atoms with Crippen LogP contribution >= 0.6 is 0 Å². The molecule has 2 N–H and O–H groups in total. The minimum atomic E-state index is -1.31. The molecule has 0 bridgehead atoms. The van der Waals surface area contributed by atoms with Crippen LogP contribution in [-0.4, -0.2) is 52.0 Å². The number of carbonyl (C=O) groups is 2. The highest BCUT2D eigenvalue weighted by molar-refractivity contribution is 5.93. The number of aryl methyl sites for hydroxylation is 2. The third-order valence-electron chi connectivity index (χ3n) is 5.72. The van der Waals surface area contributed by atoms with E-state index in [9.17, 15) is 9.59 Å². The van der Waals surface area contributed by atoms with Gasteiger partial charge in [-0.2, -0.15) is 0 Å².